The number of halogens is 2. The van der Waals surface area contributed by atoms with Gasteiger partial charge in [-0.3, -0.25) is 9.69 Å². The van der Waals surface area contributed by atoms with Gasteiger partial charge in [0.25, 0.3) is 0 Å². The van der Waals surface area contributed by atoms with Crippen LogP contribution in [0.3, 0.4) is 0 Å². The summed E-state index contributed by atoms with van der Waals surface area (Å²) in [5.74, 6) is 1.76. The minimum Gasteiger partial charge on any atom is -0.493 e. The fourth-order valence-electron chi connectivity index (χ4n) is 5.99. The van der Waals surface area contributed by atoms with Crippen molar-refractivity contribution >= 4 is 29.2 Å². The van der Waals surface area contributed by atoms with Crippen LogP contribution in [0, 0.1) is 0 Å². The van der Waals surface area contributed by atoms with Crippen molar-refractivity contribution in [2.45, 2.75) is 57.3 Å². The van der Waals surface area contributed by atoms with Crippen molar-refractivity contribution in [1.82, 2.24) is 15.1 Å². The molecular formula is C34H33Cl2N3O4. The molecular weight excluding hydrogens is 585 g/mol. The first-order valence-electron chi connectivity index (χ1n) is 14.5. The van der Waals surface area contributed by atoms with Crippen LogP contribution in [0.4, 0.5) is 0 Å². The molecule has 43 heavy (non-hydrogen) atoms. The first-order valence-corrected chi connectivity index (χ1v) is 15.2. The van der Waals surface area contributed by atoms with E-state index in [0.29, 0.717) is 42.1 Å². The van der Waals surface area contributed by atoms with Crippen LogP contribution < -0.4 is 9.47 Å². The van der Waals surface area contributed by atoms with E-state index in [-0.39, 0.29) is 12.1 Å². The van der Waals surface area contributed by atoms with Gasteiger partial charge in [-0.05, 0) is 102 Å². The minimum absolute atomic E-state index is 0.169. The lowest BCUT2D eigenvalue weighted by atomic mass is 9.86. The lowest BCUT2D eigenvalue weighted by Crippen LogP contribution is -2.45. The Hall–Kier alpha value is -3.65. The molecule has 0 saturated heterocycles. The molecule has 0 saturated carbocycles. The molecule has 3 aromatic carbocycles. The molecule has 3 atom stereocenters. The third kappa shape index (κ3) is 6.64. The number of nitrogens with zero attached hydrogens (tertiary/aromatic N) is 3. The van der Waals surface area contributed by atoms with Gasteiger partial charge in [0.15, 0.2) is 0 Å². The van der Waals surface area contributed by atoms with Crippen molar-refractivity contribution in [3.05, 3.63) is 116 Å². The number of benzene rings is 3. The molecule has 0 N–H and O–H groups in total. The minimum atomic E-state index is -0.392. The molecule has 0 radical (unpaired) electrons. The summed E-state index contributed by atoms with van der Waals surface area (Å²) < 4.78 is 17.6. The Morgan fingerprint density at radius 1 is 1.02 bits per heavy atom. The number of fused-ring (bicyclic) bond motifs is 2. The molecule has 0 aliphatic carbocycles. The molecule has 6 rings (SSSR count). The number of hydrogen-bond acceptors (Lipinski definition) is 7. The maximum atomic E-state index is 12.8. The van der Waals surface area contributed by atoms with E-state index >= 15 is 0 Å². The first-order chi connectivity index (χ1) is 20.9. The second-order valence-corrected chi connectivity index (χ2v) is 11.9. The van der Waals surface area contributed by atoms with Crippen LogP contribution in [0.1, 0.15) is 58.9 Å². The van der Waals surface area contributed by atoms with E-state index in [1.165, 1.54) is 23.8 Å². The largest absolute Gasteiger partial charge is 0.493 e. The molecule has 4 aromatic rings. The predicted octanol–water partition coefficient (Wildman–Crippen LogP) is 7.13. The zero-order chi connectivity index (χ0) is 29.9. The second-order valence-electron chi connectivity index (χ2n) is 11.1. The summed E-state index contributed by atoms with van der Waals surface area (Å²) in [6.45, 7) is 3.76. The summed E-state index contributed by atoms with van der Waals surface area (Å²) in [7, 11) is 1.44. The van der Waals surface area contributed by atoms with Crippen LogP contribution in [-0.4, -0.2) is 40.8 Å². The fraction of sp³-hybridized carbons (Fsp3) is 0.324. The van der Waals surface area contributed by atoms with E-state index in [9.17, 15) is 4.79 Å². The highest BCUT2D eigenvalue weighted by molar-refractivity contribution is 6.42. The average molecular weight is 619 g/mol. The molecule has 0 bridgehead atoms. The van der Waals surface area contributed by atoms with Crippen LogP contribution in [0.25, 0.3) is 0 Å². The average Bonchev–Trinajstić information content (AvgIpc) is 3.23. The number of ether oxygens (including phenoxy) is 3. The van der Waals surface area contributed by atoms with Gasteiger partial charge in [0.2, 0.25) is 0 Å². The maximum absolute atomic E-state index is 12.8. The van der Waals surface area contributed by atoms with E-state index in [2.05, 4.69) is 39.4 Å². The fourth-order valence-corrected chi connectivity index (χ4v) is 6.30. The summed E-state index contributed by atoms with van der Waals surface area (Å²) >= 11 is 12.3. The predicted molar refractivity (Wildman–Crippen MR) is 166 cm³/mol. The second kappa shape index (κ2) is 12.9. The third-order valence-electron chi connectivity index (χ3n) is 8.34. The highest BCUT2D eigenvalue weighted by atomic mass is 35.5. The molecule has 2 aliphatic heterocycles. The lowest BCUT2D eigenvalue weighted by Gasteiger charge is -2.35. The Labute approximate surface area is 261 Å². The Balaban J connectivity index is 1.18. The van der Waals surface area contributed by atoms with Gasteiger partial charge in [-0.25, -0.2) is 0 Å². The van der Waals surface area contributed by atoms with Crippen LogP contribution in [0.2, 0.25) is 10.0 Å². The van der Waals surface area contributed by atoms with Gasteiger partial charge in [-0.2, -0.15) is 10.2 Å². The number of carbonyl (C=O) groups is 1. The van der Waals surface area contributed by atoms with E-state index < -0.39 is 6.04 Å². The number of methoxy groups -OCH3 is 1. The molecule has 2 aliphatic rings. The van der Waals surface area contributed by atoms with Gasteiger partial charge in [0, 0.05) is 19.3 Å². The summed E-state index contributed by atoms with van der Waals surface area (Å²) in [5.41, 5.74) is 6.54. The first kappa shape index (κ1) is 29.4. The Kier molecular flexibility index (Phi) is 8.84. The number of aromatic nitrogens is 2. The number of carbonyl (C=O) groups excluding carboxylic acids is 1. The summed E-state index contributed by atoms with van der Waals surface area (Å²) in [5, 5.41) is 9.28. The van der Waals surface area contributed by atoms with Crippen molar-refractivity contribution in [2.24, 2.45) is 0 Å². The van der Waals surface area contributed by atoms with E-state index in [4.69, 9.17) is 37.4 Å². The molecule has 2 unspecified atom stereocenters. The maximum Gasteiger partial charge on any atom is 0.323 e. The number of hydrogen-bond donors (Lipinski definition) is 0. The normalized spacial score (nSPS) is 18.9. The van der Waals surface area contributed by atoms with Gasteiger partial charge in [-0.15, -0.1) is 0 Å². The van der Waals surface area contributed by atoms with E-state index in [0.717, 1.165) is 41.2 Å². The van der Waals surface area contributed by atoms with Crippen LogP contribution in [0.5, 0.6) is 11.5 Å². The lowest BCUT2D eigenvalue weighted by molar-refractivity contribution is -0.148. The smallest absolute Gasteiger partial charge is 0.323 e. The summed E-state index contributed by atoms with van der Waals surface area (Å²) in [4.78, 5) is 14.9. The van der Waals surface area contributed by atoms with Gasteiger partial charge in [0.1, 0.15) is 23.6 Å². The standard InChI is InChI=1S/C34H33Cl2N3O4/c1-21(23-7-10-30(35)31(36)16-23)43-29-8-5-22(6-9-29)24-11-13-42-33-18-25-17-32(34(40)41-2)39(19-27(25)15-26(33)14-24)20-28-4-3-12-37-38-28/h3-10,12,15-16,18,21,24,32H,11,13-14,17,19-20H2,1-2H3/t21?,24?,32-/m0/s1. The number of rotatable bonds is 7. The Morgan fingerprint density at radius 2 is 1.86 bits per heavy atom. The number of esters is 1. The van der Waals surface area contributed by atoms with Crippen molar-refractivity contribution in [1.29, 1.82) is 0 Å². The van der Waals surface area contributed by atoms with Crippen LogP contribution in [0.15, 0.2) is 72.9 Å². The Morgan fingerprint density at radius 3 is 2.60 bits per heavy atom. The third-order valence-corrected chi connectivity index (χ3v) is 9.08. The monoisotopic (exact) mass is 617 g/mol. The van der Waals surface area contributed by atoms with E-state index in [1.807, 2.05) is 43.3 Å². The zero-order valence-corrected chi connectivity index (χ0v) is 25.6. The molecule has 3 heterocycles. The Bertz CT molecular complexity index is 1600. The molecule has 1 aromatic heterocycles. The molecule has 0 amide bonds. The van der Waals surface area contributed by atoms with Gasteiger partial charge in [0.05, 0.1) is 29.5 Å². The van der Waals surface area contributed by atoms with Crippen LogP contribution in [-0.2, 0) is 35.5 Å². The summed E-state index contributed by atoms with van der Waals surface area (Å²) in [6, 6.07) is 21.7. The topological polar surface area (TPSA) is 73.8 Å². The molecule has 0 spiro atoms. The quantitative estimate of drug-likeness (QED) is 0.204. The van der Waals surface area contributed by atoms with Gasteiger partial charge < -0.3 is 14.2 Å². The highest BCUT2D eigenvalue weighted by Gasteiger charge is 2.34. The molecule has 0 fully saturated rings. The highest BCUT2D eigenvalue weighted by Crippen LogP contribution is 2.38. The SMILES string of the molecule is COC(=O)[C@@H]1Cc2cc3c(cc2CN1Cc1cccnn1)CC(c1ccc(OC(C)c2ccc(Cl)c(Cl)c2)cc1)CCO3. The summed E-state index contributed by atoms with van der Waals surface area (Å²) in [6.07, 6.45) is 3.81. The van der Waals surface area contributed by atoms with Crippen molar-refractivity contribution in [2.75, 3.05) is 13.7 Å². The van der Waals surface area contributed by atoms with Crippen molar-refractivity contribution in [3.63, 3.8) is 0 Å². The molecule has 222 valence electrons. The van der Waals surface area contributed by atoms with Crippen LogP contribution >= 0.6 is 23.2 Å². The van der Waals surface area contributed by atoms with E-state index in [1.54, 1.807) is 12.3 Å². The molecule has 9 heteroatoms. The van der Waals surface area contributed by atoms with Crippen molar-refractivity contribution in [3.8, 4) is 11.5 Å². The van der Waals surface area contributed by atoms with Gasteiger partial charge in [-0.1, -0.05) is 47.5 Å². The molecule has 7 nitrogen and oxygen atoms in total. The van der Waals surface area contributed by atoms with Crippen molar-refractivity contribution < 1.29 is 19.0 Å². The zero-order valence-electron chi connectivity index (χ0n) is 24.1. The van der Waals surface area contributed by atoms with Gasteiger partial charge >= 0.3 is 5.97 Å².